The molecule has 0 aliphatic carbocycles. The predicted molar refractivity (Wildman–Crippen MR) is 74.2 cm³/mol. The van der Waals surface area contributed by atoms with Gasteiger partial charge in [0.25, 0.3) is 0 Å². The van der Waals surface area contributed by atoms with Crippen LogP contribution in [-0.2, 0) is 0 Å². The van der Waals surface area contributed by atoms with Crippen LogP contribution in [0, 0.1) is 0 Å². The van der Waals surface area contributed by atoms with Gasteiger partial charge in [0.1, 0.15) is 0 Å². The maximum absolute atomic E-state index is 6.22. The molecule has 0 aliphatic rings. The SMILES string of the molecule is CNC(c1ccoc1)c1cc(Cl)c(OC)c(OC)c1. The van der Waals surface area contributed by atoms with E-state index in [2.05, 4.69) is 5.32 Å². The molecule has 0 saturated carbocycles. The van der Waals surface area contributed by atoms with Crippen molar-refractivity contribution in [2.75, 3.05) is 21.3 Å². The van der Waals surface area contributed by atoms with E-state index < -0.39 is 0 Å². The molecule has 102 valence electrons. The molecule has 1 aromatic carbocycles. The molecule has 4 nitrogen and oxygen atoms in total. The van der Waals surface area contributed by atoms with E-state index in [1.54, 1.807) is 26.7 Å². The van der Waals surface area contributed by atoms with Gasteiger partial charge < -0.3 is 19.2 Å². The third kappa shape index (κ3) is 2.69. The molecule has 1 aromatic heterocycles. The first-order valence-corrected chi connectivity index (χ1v) is 6.19. The van der Waals surface area contributed by atoms with Crippen LogP contribution in [0.1, 0.15) is 17.2 Å². The average Bonchev–Trinajstić information content (AvgIpc) is 2.92. The summed E-state index contributed by atoms with van der Waals surface area (Å²) in [6, 6.07) is 5.65. The first-order chi connectivity index (χ1) is 9.21. The van der Waals surface area contributed by atoms with E-state index in [0.29, 0.717) is 16.5 Å². The molecule has 0 amide bonds. The smallest absolute Gasteiger partial charge is 0.179 e. The van der Waals surface area contributed by atoms with E-state index in [-0.39, 0.29) is 6.04 Å². The Morgan fingerprint density at radius 1 is 1.21 bits per heavy atom. The van der Waals surface area contributed by atoms with Gasteiger partial charge in [-0.15, -0.1) is 0 Å². The zero-order valence-electron chi connectivity index (χ0n) is 11.1. The van der Waals surface area contributed by atoms with Crippen LogP contribution in [0.4, 0.5) is 0 Å². The van der Waals surface area contributed by atoms with E-state index >= 15 is 0 Å². The Morgan fingerprint density at radius 2 is 2.00 bits per heavy atom. The molecule has 2 rings (SSSR count). The molecule has 1 atom stereocenters. The Kier molecular flexibility index (Phi) is 4.35. The van der Waals surface area contributed by atoms with Crippen LogP contribution in [0.15, 0.2) is 35.1 Å². The van der Waals surface area contributed by atoms with Gasteiger partial charge in [0.15, 0.2) is 11.5 Å². The van der Waals surface area contributed by atoms with Crippen molar-refractivity contribution in [3.05, 3.63) is 46.9 Å². The molecule has 0 spiro atoms. The van der Waals surface area contributed by atoms with Crippen molar-refractivity contribution in [2.24, 2.45) is 0 Å². The Morgan fingerprint density at radius 3 is 2.53 bits per heavy atom. The Balaban J connectivity index is 2.47. The van der Waals surface area contributed by atoms with Gasteiger partial charge >= 0.3 is 0 Å². The number of benzene rings is 1. The first kappa shape index (κ1) is 13.8. The van der Waals surface area contributed by atoms with Crippen molar-refractivity contribution < 1.29 is 13.9 Å². The molecule has 19 heavy (non-hydrogen) atoms. The average molecular weight is 282 g/mol. The number of hydrogen-bond acceptors (Lipinski definition) is 4. The van der Waals surface area contributed by atoms with E-state index in [4.69, 9.17) is 25.5 Å². The fraction of sp³-hybridized carbons (Fsp3) is 0.286. The predicted octanol–water partition coefficient (Wildman–Crippen LogP) is 3.26. The minimum atomic E-state index is -0.0175. The quantitative estimate of drug-likeness (QED) is 0.914. The van der Waals surface area contributed by atoms with Gasteiger partial charge in [0.05, 0.1) is 37.8 Å². The van der Waals surface area contributed by atoms with Gasteiger partial charge in [-0.05, 0) is 30.8 Å². The minimum absolute atomic E-state index is 0.0175. The van der Waals surface area contributed by atoms with Crippen LogP contribution in [0.5, 0.6) is 11.5 Å². The van der Waals surface area contributed by atoms with E-state index in [0.717, 1.165) is 11.1 Å². The highest BCUT2D eigenvalue weighted by atomic mass is 35.5. The lowest BCUT2D eigenvalue weighted by Gasteiger charge is -2.18. The summed E-state index contributed by atoms with van der Waals surface area (Å²) < 4.78 is 15.7. The Hall–Kier alpha value is -1.65. The molecule has 2 aromatic rings. The normalized spacial score (nSPS) is 12.2. The number of methoxy groups -OCH3 is 2. The maximum atomic E-state index is 6.22. The van der Waals surface area contributed by atoms with Crippen molar-refractivity contribution >= 4 is 11.6 Å². The lowest BCUT2D eigenvalue weighted by molar-refractivity contribution is 0.354. The van der Waals surface area contributed by atoms with Gasteiger partial charge in [-0.3, -0.25) is 0 Å². The van der Waals surface area contributed by atoms with Gasteiger partial charge in [0, 0.05) is 5.56 Å². The van der Waals surface area contributed by atoms with Gasteiger partial charge in [-0.1, -0.05) is 11.6 Å². The van der Waals surface area contributed by atoms with Gasteiger partial charge in [0.2, 0.25) is 0 Å². The lowest BCUT2D eigenvalue weighted by atomic mass is 10.0. The monoisotopic (exact) mass is 281 g/mol. The summed E-state index contributed by atoms with van der Waals surface area (Å²) in [6.45, 7) is 0. The topological polar surface area (TPSA) is 43.6 Å². The number of furan rings is 1. The zero-order valence-corrected chi connectivity index (χ0v) is 11.8. The van der Waals surface area contributed by atoms with Gasteiger partial charge in [-0.25, -0.2) is 0 Å². The molecular weight excluding hydrogens is 266 g/mol. The number of rotatable bonds is 5. The number of nitrogens with one attached hydrogen (secondary N) is 1. The third-order valence-corrected chi connectivity index (χ3v) is 3.24. The fourth-order valence-corrected chi connectivity index (χ4v) is 2.37. The van der Waals surface area contributed by atoms with Gasteiger partial charge in [-0.2, -0.15) is 0 Å². The number of ether oxygens (including phenoxy) is 2. The van der Waals surface area contributed by atoms with Crippen LogP contribution in [0.2, 0.25) is 5.02 Å². The third-order valence-electron chi connectivity index (χ3n) is 2.95. The highest BCUT2D eigenvalue weighted by Crippen LogP contribution is 2.38. The highest BCUT2D eigenvalue weighted by Gasteiger charge is 2.18. The summed E-state index contributed by atoms with van der Waals surface area (Å²) in [6.07, 6.45) is 3.34. The summed E-state index contributed by atoms with van der Waals surface area (Å²) in [5, 5.41) is 3.74. The van der Waals surface area contributed by atoms with Crippen molar-refractivity contribution in [3.63, 3.8) is 0 Å². The number of halogens is 1. The highest BCUT2D eigenvalue weighted by molar-refractivity contribution is 6.32. The van der Waals surface area contributed by atoms with Crippen molar-refractivity contribution in [1.29, 1.82) is 0 Å². The Bertz CT molecular complexity index is 540. The molecule has 1 N–H and O–H groups in total. The van der Waals surface area contributed by atoms with E-state index in [1.165, 1.54) is 0 Å². The van der Waals surface area contributed by atoms with Crippen LogP contribution in [-0.4, -0.2) is 21.3 Å². The summed E-state index contributed by atoms with van der Waals surface area (Å²) in [5.74, 6) is 1.14. The molecule has 0 bridgehead atoms. The molecule has 1 unspecified atom stereocenters. The first-order valence-electron chi connectivity index (χ1n) is 5.82. The van der Waals surface area contributed by atoms with Crippen molar-refractivity contribution in [1.82, 2.24) is 5.32 Å². The Labute approximate surface area is 117 Å². The lowest BCUT2D eigenvalue weighted by Crippen LogP contribution is -2.17. The number of hydrogen-bond donors (Lipinski definition) is 1. The summed E-state index contributed by atoms with van der Waals surface area (Å²) in [4.78, 5) is 0. The maximum Gasteiger partial charge on any atom is 0.179 e. The van der Waals surface area contributed by atoms with E-state index in [1.807, 2.05) is 25.2 Å². The summed E-state index contributed by atoms with van der Waals surface area (Å²) in [7, 11) is 5.03. The molecular formula is C14H16ClNO3. The summed E-state index contributed by atoms with van der Waals surface area (Å²) >= 11 is 6.22. The molecule has 1 heterocycles. The van der Waals surface area contributed by atoms with E-state index in [9.17, 15) is 0 Å². The largest absolute Gasteiger partial charge is 0.493 e. The molecule has 0 saturated heterocycles. The molecule has 0 aliphatic heterocycles. The fourth-order valence-electron chi connectivity index (χ4n) is 2.07. The second-order valence-corrected chi connectivity index (χ2v) is 4.42. The van der Waals surface area contributed by atoms with Crippen molar-refractivity contribution in [3.8, 4) is 11.5 Å². The van der Waals surface area contributed by atoms with Crippen LogP contribution in [0.25, 0.3) is 0 Å². The summed E-state index contributed by atoms with van der Waals surface area (Å²) in [5.41, 5.74) is 2.00. The van der Waals surface area contributed by atoms with Crippen LogP contribution >= 0.6 is 11.6 Å². The van der Waals surface area contributed by atoms with Crippen LogP contribution < -0.4 is 14.8 Å². The zero-order chi connectivity index (χ0) is 13.8. The molecule has 5 heteroatoms. The minimum Gasteiger partial charge on any atom is -0.493 e. The standard InChI is InChI=1S/C14H16ClNO3/c1-16-13(9-4-5-19-8-9)10-6-11(15)14(18-3)12(7-10)17-2/h4-8,13,16H,1-3H3. The molecule has 0 fully saturated rings. The second kappa shape index (κ2) is 5.99. The second-order valence-electron chi connectivity index (χ2n) is 4.02. The van der Waals surface area contributed by atoms with Crippen molar-refractivity contribution in [2.45, 2.75) is 6.04 Å². The molecule has 0 radical (unpaired) electrons. The van der Waals surface area contributed by atoms with Crippen LogP contribution in [0.3, 0.4) is 0 Å².